The summed E-state index contributed by atoms with van der Waals surface area (Å²) in [5.41, 5.74) is 2.02. The lowest BCUT2D eigenvalue weighted by molar-refractivity contribution is 0.0694. The van der Waals surface area contributed by atoms with Gasteiger partial charge in [-0.2, -0.15) is 0 Å². The molecule has 3 aromatic rings. The van der Waals surface area contributed by atoms with Crippen LogP contribution < -0.4 is 9.47 Å². The molecule has 1 N–H and O–H groups in total. The molecule has 0 radical (unpaired) electrons. The van der Waals surface area contributed by atoms with Gasteiger partial charge in [0.25, 0.3) is 0 Å². The molecule has 0 spiro atoms. The van der Waals surface area contributed by atoms with Crippen molar-refractivity contribution in [2.24, 2.45) is 0 Å². The van der Waals surface area contributed by atoms with Crippen LogP contribution in [0.25, 0.3) is 0 Å². The lowest BCUT2D eigenvalue weighted by Gasteiger charge is -2.16. The number of ether oxygens (including phenoxy) is 2. The standard InChI is InChI=1S/C21H17BrO4/c1-14-7-5-12-18(19(14)25-13-15-8-3-2-4-9-15)26-20-16(21(23)24)10-6-11-17(20)22/h2-12H,13H2,1H3,(H,23,24). The van der Waals surface area contributed by atoms with E-state index in [2.05, 4.69) is 15.9 Å². The number of carboxylic acids is 1. The fraction of sp³-hybridized carbons (Fsp3) is 0.0952. The maximum atomic E-state index is 11.5. The predicted octanol–water partition coefficient (Wildman–Crippen LogP) is 5.83. The van der Waals surface area contributed by atoms with Crippen molar-refractivity contribution < 1.29 is 19.4 Å². The number of aryl methyl sites for hydroxylation is 1. The van der Waals surface area contributed by atoms with Crippen LogP contribution in [0.15, 0.2) is 71.2 Å². The van der Waals surface area contributed by atoms with Crippen LogP contribution in [0.4, 0.5) is 0 Å². The van der Waals surface area contributed by atoms with Crippen LogP contribution in [-0.4, -0.2) is 11.1 Å². The van der Waals surface area contributed by atoms with Gasteiger partial charge in [0.15, 0.2) is 17.2 Å². The van der Waals surface area contributed by atoms with Crippen LogP contribution in [0.3, 0.4) is 0 Å². The molecular formula is C21H17BrO4. The number of halogens is 1. The second kappa shape index (κ2) is 8.06. The average molecular weight is 413 g/mol. The lowest BCUT2D eigenvalue weighted by Crippen LogP contribution is -2.03. The fourth-order valence-electron chi connectivity index (χ4n) is 2.51. The monoisotopic (exact) mass is 412 g/mol. The Bertz CT molecular complexity index is 923. The van der Waals surface area contributed by atoms with Crippen molar-refractivity contribution in [1.29, 1.82) is 0 Å². The van der Waals surface area contributed by atoms with Crippen LogP contribution in [0, 0.1) is 6.92 Å². The van der Waals surface area contributed by atoms with Gasteiger partial charge in [0.1, 0.15) is 12.2 Å². The second-order valence-corrected chi connectivity index (χ2v) is 6.55. The zero-order valence-corrected chi connectivity index (χ0v) is 15.7. The molecule has 4 nitrogen and oxygen atoms in total. The number of hydrogen-bond donors (Lipinski definition) is 1. The first-order chi connectivity index (χ1) is 12.6. The molecule has 5 heteroatoms. The Morgan fingerprint density at radius 3 is 2.42 bits per heavy atom. The molecule has 0 atom stereocenters. The summed E-state index contributed by atoms with van der Waals surface area (Å²) in [7, 11) is 0. The Morgan fingerprint density at radius 2 is 1.69 bits per heavy atom. The summed E-state index contributed by atoms with van der Waals surface area (Å²) in [6, 6.07) is 20.2. The van der Waals surface area contributed by atoms with Gasteiger partial charge in [-0.25, -0.2) is 4.79 Å². The number of carbonyl (C=O) groups is 1. The highest BCUT2D eigenvalue weighted by Crippen LogP contribution is 2.39. The number of hydrogen-bond acceptors (Lipinski definition) is 3. The number of para-hydroxylation sites is 2. The number of benzene rings is 3. The number of aromatic carboxylic acids is 1. The van der Waals surface area contributed by atoms with Crippen molar-refractivity contribution in [3.8, 4) is 17.2 Å². The van der Waals surface area contributed by atoms with E-state index in [1.807, 2.05) is 49.4 Å². The summed E-state index contributed by atoms with van der Waals surface area (Å²) in [5, 5.41) is 9.41. The van der Waals surface area contributed by atoms with Gasteiger partial charge in [0, 0.05) is 0 Å². The van der Waals surface area contributed by atoms with Crippen LogP contribution in [-0.2, 0) is 6.61 Å². The summed E-state index contributed by atoms with van der Waals surface area (Å²) >= 11 is 3.36. The molecule has 26 heavy (non-hydrogen) atoms. The second-order valence-electron chi connectivity index (χ2n) is 5.70. The normalized spacial score (nSPS) is 10.4. The van der Waals surface area contributed by atoms with E-state index in [4.69, 9.17) is 9.47 Å². The number of rotatable bonds is 6. The van der Waals surface area contributed by atoms with Crippen molar-refractivity contribution >= 4 is 21.9 Å². The summed E-state index contributed by atoms with van der Waals surface area (Å²) in [4.78, 5) is 11.5. The van der Waals surface area contributed by atoms with Crippen LogP contribution in [0.2, 0.25) is 0 Å². The molecule has 0 aliphatic heterocycles. The number of carboxylic acid groups (broad SMARTS) is 1. The molecule has 0 heterocycles. The smallest absolute Gasteiger partial charge is 0.339 e. The zero-order valence-electron chi connectivity index (χ0n) is 14.1. The van der Waals surface area contributed by atoms with E-state index in [9.17, 15) is 9.90 Å². The Balaban J connectivity index is 1.92. The summed E-state index contributed by atoms with van der Waals surface area (Å²) in [5.74, 6) is 0.245. The first-order valence-corrected chi connectivity index (χ1v) is 8.81. The van der Waals surface area contributed by atoms with Crippen molar-refractivity contribution in [2.75, 3.05) is 0 Å². The molecule has 0 aliphatic rings. The Kier molecular flexibility index (Phi) is 5.58. The average Bonchev–Trinajstić information content (AvgIpc) is 2.63. The van der Waals surface area contributed by atoms with E-state index < -0.39 is 5.97 Å². The molecule has 132 valence electrons. The third kappa shape index (κ3) is 4.06. The minimum Gasteiger partial charge on any atom is -0.485 e. The van der Waals surface area contributed by atoms with E-state index in [0.29, 0.717) is 22.6 Å². The quantitative estimate of drug-likeness (QED) is 0.553. The maximum absolute atomic E-state index is 11.5. The third-order valence-electron chi connectivity index (χ3n) is 3.81. The van der Waals surface area contributed by atoms with Crippen LogP contribution in [0.5, 0.6) is 17.2 Å². The van der Waals surface area contributed by atoms with Gasteiger partial charge in [0.05, 0.1) is 4.47 Å². The minimum absolute atomic E-state index is 0.0786. The SMILES string of the molecule is Cc1cccc(Oc2c(Br)cccc2C(=O)O)c1OCc1ccccc1. The zero-order chi connectivity index (χ0) is 18.5. The van der Waals surface area contributed by atoms with Gasteiger partial charge in [-0.05, 0) is 52.2 Å². The highest BCUT2D eigenvalue weighted by molar-refractivity contribution is 9.10. The predicted molar refractivity (Wildman–Crippen MR) is 103 cm³/mol. The van der Waals surface area contributed by atoms with Crippen molar-refractivity contribution in [2.45, 2.75) is 13.5 Å². The molecule has 3 aromatic carbocycles. The molecular weight excluding hydrogens is 396 g/mol. The van der Waals surface area contributed by atoms with E-state index in [1.54, 1.807) is 18.2 Å². The maximum Gasteiger partial charge on any atom is 0.339 e. The molecule has 0 bridgehead atoms. The summed E-state index contributed by atoms with van der Waals surface area (Å²) < 4.78 is 12.5. The van der Waals surface area contributed by atoms with E-state index in [-0.39, 0.29) is 11.3 Å². The Hall–Kier alpha value is -2.79. The highest BCUT2D eigenvalue weighted by Gasteiger charge is 2.18. The topological polar surface area (TPSA) is 55.8 Å². The molecule has 3 rings (SSSR count). The van der Waals surface area contributed by atoms with Crippen molar-refractivity contribution in [3.63, 3.8) is 0 Å². The van der Waals surface area contributed by atoms with Gasteiger partial charge >= 0.3 is 5.97 Å². The fourth-order valence-corrected chi connectivity index (χ4v) is 2.96. The molecule has 0 amide bonds. The first kappa shape index (κ1) is 18.0. The molecule has 0 aromatic heterocycles. The van der Waals surface area contributed by atoms with Gasteiger partial charge in [-0.1, -0.05) is 48.5 Å². The largest absolute Gasteiger partial charge is 0.485 e. The molecule has 0 aliphatic carbocycles. The summed E-state index contributed by atoms with van der Waals surface area (Å²) in [6.07, 6.45) is 0. The van der Waals surface area contributed by atoms with Gasteiger partial charge < -0.3 is 14.6 Å². The van der Waals surface area contributed by atoms with Crippen molar-refractivity contribution in [1.82, 2.24) is 0 Å². The van der Waals surface area contributed by atoms with E-state index in [0.717, 1.165) is 11.1 Å². The minimum atomic E-state index is -1.05. The summed E-state index contributed by atoms with van der Waals surface area (Å²) in [6.45, 7) is 2.31. The van der Waals surface area contributed by atoms with Gasteiger partial charge in [-0.3, -0.25) is 0 Å². The van der Waals surface area contributed by atoms with Gasteiger partial charge in [0.2, 0.25) is 0 Å². The van der Waals surface area contributed by atoms with Crippen LogP contribution >= 0.6 is 15.9 Å². The first-order valence-electron chi connectivity index (χ1n) is 8.02. The van der Waals surface area contributed by atoms with E-state index >= 15 is 0 Å². The molecule has 0 saturated carbocycles. The van der Waals surface area contributed by atoms with E-state index in [1.165, 1.54) is 6.07 Å². The van der Waals surface area contributed by atoms with Gasteiger partial charge in [-0.15, -0.1) is 0 Å². The molecule has 0 unspecified atom stereocenters. The van der Waals surface area contributed by atoms with Crippen LogP contribution in [0.1, 0.15) is 21.5 Å². The molecule has 0 fully saturated rings. The van der Waals surface area contributed by atoms with Crippen molar-refractivity contribution in [3.05, 3.63) is 87.9 Å². The highest BCUT2D eigenvalue weighted by atomic mass is 79.9. The third-order valence-corrected chi connectivity index (χ3v) is 4.44. The lowest BCUT2D eigenvalue weighted by atomic mass is 10.2. The molecule has 0 saturated heterocycles. The Morgan fingerprint density at radius 1 is 0.962 bits per heavy atom. The Labute approximate surface area is 160 Å².